The van der Waals surface area contributed by atoms with Crippen molar-refractivity contribution in [3.63, 3.8) is 0 Å². The lowest BCUT2D eigenvalue weighted by atomic mass is 9.93. The number of piperidine rings is 1. The van der Waals surface area contributed by atoms with Gasteiger partial charge in [-0.1, -0.05) is 12.2 Å². The summed E-state index contributed by atoms with van der Waals surface area (Å²) in [5.74, 6) is 1.86. The van der Waals surface area contributed by atoms with E-state index in [9.17, 15) is 9.59 Å². The van der Waals surface area contributed by atoms with Crippen LogP contribution < -0.4 is 10.6 Å². The first-order valence-corrected chi connectivity index (χ1v) is 6.48. The summed E-state index contributed by atoms with van der Waals surface area (Å²) < 4.78 is 0. The summed E-state index contributed by atoms with van der Waals surface area (Å²) in [6, 6.07) is -0.171. The highest BCUT2D eigenvalue weighted by Crippen LogP contribution is 2.42. The Labute approximate surface area is 101 Å². The Bertz CT molecular complexity index is 378. The van der Waals surface area contributed by atoms with Crippen LogP contribution in [-0.2, 0) is 9.59 Å². The normalized spacial score (nSPS) is 39.8. The highest BCUT2D eigenvalue weighted by Gasteiger charge is 2.36. The van der Waals surface area contributed by atoms with Gasteiger partial charge in [-0.05, 0) is 43.6 Å². The summed E-state index contributed by atoms with van der Waals surface area (Å²) in [6.07, 6.45) is 8.29. The van der Waals surface area contributed by atoms with Crippen molar-refractivity contribution < 1.29 is 9.59 Å². The van der Waals surface area contributed by atoms with Gasteiger partial charge in [0.25, 0.3) is 0 Å². The molecule has 3 rings (SSSR count). The lowest BCUT2D eigenvalue weighted by molar-refractivity contribution is -0.134. The van der Waals surface area contributed by atoms with Crippen molar-refractivity contribution in [1.82, 2.24) is 10.6 Å². The molecule has 17 heavy (non-hydrogen) atoms. The molecule has 2 bridgehead atoms. The van der Waals surface area contributed by atoms with E-state index in [0.29, 0.717) is 24.7 Å². The smallest absolute Gasteiger partial charge is 0.243 e. The second-order valence-electron chi connectivity index (χ2n) is 5.45. The van der Waals surface area contributed by atoms with E-state index in [2.05, 4.69) is 22.8 Å². The fourth-order valence-electron chi connectivity index (χ4n) is 3.31. The maximum absolute atomic E-state index is 11.6. The largest absolute Gasteiger partial charge is 0.306 e. The molecule has 92 valence electrons. The van der Waals surface area contributed by atoms with Crippen molar-refractivity contribution in [3.05, 3.63) is 12.2 Å². The van der Waals surface area contributed by atoms with Crippen LogP contribution in [0.3, 0.4) is 0 Å². The Morgan fingerprint density at radius 1 is 1.29 bits per heavy atom. The number of allylic oxidation sites excluding steroid dienone is 2. The zero-order valence-electron chi connectivity index (χ0n) is 9.82. The van der Waals surface area contributed by atoms with Gasteiger partial charge in [0.15, 0.2) is 0 Å². The quantitative estimate of drug-likeness (QED) is 0.555. The van der Waals surface area contributed by atoms with Gasteiger partial charge in [0, 0.05) is 6.42 Å². The Kier molecular flexibility index (Phi) is 2.74. The Hall–Kier alpha value is -1.16. The predicted molar refractivity (Wildman–Crippen MR) is 63.0 cm³/mol. The van der Waals surface area contributed by atoms with Crippen molar-refractivity contribution in [2.24, 2.45) is 17.8 Å². The summed E-state index contributed by atoms with van der Waals surface area (Å²) >= 11 is 0. The predicted octanol–water partition coefficient (Wildman–Crippen LogP) is 0.593. The minimum atomic E-state index is -0.171. The van der Waals surface area contributed by atoms with Crippen molar-refractivity contribution in [2.45, 2.75) is 31.7 Å². The number of nitrogens with one attached hydrogen (secondary N) is 2. The van der Waals surface area contributed by atoms with E-state index in [1.54, 1.807) is 0 Å². The molecule has 1 aliphatic heterocycles. The van der Waals surface area contributed by atoms with E-state index in [1.807, 2.05) is 0 Å². The minimum Gasteiger partial charge on any atom is -0.306 e. The van der Waals surface area contributed by atoms with Gasteiger partial charge in [-0.2, -0.15) is 0 Å². The number of amides is 2. The van der Waals surface area contributed by atoms with Crippen LogP contribution in [0.4, 0.5) is 0 Å². The molecule has 2 aliphatic carbocycles. The molecule has 3 aliphatic rings. The van der Waals surface area contributed by atoms with Gasteiger partial charge in [-0.3, -0.25) is 14.9 Å². The molecule has 0 aromatic heterocycles. The Balaban J connectivity index is 1.50. The van der Waals surface area contributed by atoms with Gasteiger partial charge in [-0.15, -0.1) is 0 Å². The maximum atomic E-state index is 11.6. The number of imide groups is 1. The van der Waals surface area contributed by atoms with Crippen LogP contribution in [0.25, 0.3) is 0 Å². The van der Waals surface area contributed by atoms with Crippen LogP contribution >= 0.6 is 0 Å². The lowest BCUT2D eigenvalue weighted by Gasteiger charge is -2.25. The maximum Gasteiger partial charge on any atom is 0.243 e. The molecule has 1 saturated carbocycles. The summed E-state index contributed by atoms with van der Waals surface area (Å²) in [5, 5.41) is 5.70. The molecule has 0 spiro atoms. The monoisotopic (exact) mass is 234 g/mol. The highest BCUT2D eigenvalue weighted by atomic mass is 16.2. The van der Waals surface area contributed by atoms with Crippen LogP contribution in [0.1, 0.15) is 25.7 Å². The second-order valence-corrected chi connectivity index (χ2v) is 5.45. The number of carbonyl (C=O) groups excluding carboxylic acids is 2. The van der Waals surface area contributed by atoms with E-state index in [4.69, 9.17) is 0 Å². The van der Waals surface area contributed by atoms with Gasteiger partial charge >= 0.3 is 0 Å². The molecule has 0 radical (unpaired) electrons. The molecular weight excluding hydrogens is 216 g/mol. The van der Waals surface area contributed by atoms with Crippen molar-refractivity contribution in [2.75, 3.05) is 6.54 Å². The van der Waals surface area contributed by atoms with Gasteiger partial charge in [0.05, 0.1) is 6.04 Å². The number of fused-ring (bicyclic) bond motifs is 2. The first-order valence-electron chi connectivity index (χ1n) is 6.48. The van der Waals surface area contributed by atoms with E-state index in [1.165, 1.54) is 12.8 Å². The van der Waals surface area contributed by atoms with E-state index in [0.717, 1.165) is 12.5 Å². The standard InChI is InChI=1S/C13H18N2O2/c16-12-4-3-11(13(17)15-12)14-7-10-6-8-1-2-9(10)5-8/h1-2,8-11,14H,3-7H2,(H,15,16,17). The van der Waals surface area contributed by atoms with Crippen LogP contribution in [0.2, 0.25) is 0 Å². The highest BCUT2D eigenvalue weighted by molar-refractivity contribution is 6.00. The zero-order valence-corrected chi connectivity index (χ0v) is 9.82. The molecule has 2 N–H and O–H groups in total. The van der Waals surface area contributed by atoms with Crippen LogP contribution in [-0.4, -0.2) is 24.4 Å². The zero-order chi connectivity index (χ0) is 11.8. The van der Waals surface area contributed by atoms with Gasteiger partial charge < -0.3 is 5.32 Å². The Morgan fingerprint density at radius 3 is 2.82 bits per heavy atom. The molecule has 4 unspecified atom stereocenters. The minimum absolute atomic E-state index is 0.143. The fraction of sp³-hybridized carbons (Fsp3) is 0.692. The second kappa shape index (κ2) is 4.26. The van der Waals surface area contributed by atoms with Crippen molar-refractivity contribution in [3.8, 4) is 0 Å². The molecule has 4 nitrogen and oxygen atoms in total. The molecule has 1 heterocycles. The van der Waals surface area contributed by atoms with E-state index in [-0.39, 0.29) is 17.9 Å². The third-order valence-electron chi connectivity index (χ3n) is 4.28. The third-order valence-corrected chi connectivity index (χ3v) is 4.28. The Morgan fingerprint density at radius 2 is 2.18 bits per heavy atom. The first kappa shape index (κ1) is 11.0. The SMILES string of the molecule is O=C1CCC(NCC2CC3C=CC2C3)C(=O)N1. The van der Waals surface area contributed by atoms with Crippen LogP contribution in [0.5, 0.6) is 0 Å². The van der Waals surface area contributed by atoms with Gasteiger partial charge in [0.1, 0.15) is 0 Å². The number of rotatable bonds is 3. The van der Waals surface area contributed by atoms with Crippen LogP contribution in [0.15, 0.2) is 12.2 Å². The molecule has 2 fully saturated rings. The van der Waals surface area contributed by atoms with Crippen LogP contribution in [0, 0.1) is 17.8 Å². The average Bonchev–Trinajstić information content (AvgIpc) is 2.89. The fourth-order valence-corrected chi connectivity index (χ4v) is 3.31. The number of hydrogen-bond acceptors (Lipinski definition) is 3. The lowest BCUT2D eigenvalue weighted by Crippen LogP contribution is -2.51. The summed E-state index contributed by atoms with van der Waals surface area (Å²) in [4.78, 5) is 22.6. The third kappa shape index (κ3) is 2.14. The topological polar surface area (TPSA) is 58.2 Å². The summed E-state index contributed by atoms with van der Waals surface area (Å²) in [7, 11) is 0. The number of carbonyl (C=O) groups is 2. The average molecular weight is 234 g/mol. The van der Waals surface area contributed by atoms with E-state index < -0.39 is 0 Å². The summed E-state index contributed by atoms with van der Waals surface area (Å²) in [5.41, 5.74) is 0. The van der Waals surface area contributed by atoms with Crippen molar-refractivity contribution in [1.29, 1.82) is 0 Å². The van der Waals surface area contributed by atoms with E-state index >= 15 is 0 Å². The summed E-state index contributed by atoms with van der Waals surface area (Å²) in [6.45, 7) is 0.901. The molecule has 0 aromatic carbocycles. The van der Waals surface area contributed by atoms with Gasteiger partial charge in [0.2, 0.25) is 11.8 Å². The number of hydrogen-bond donors (Lipinski definition) is 2. The first-order chi connectivity index (χ1) is 8.22. The molecule has 4 heteroatoms. The molecule has 4 atom stereocenters. The molecular formula is C13H18N2O2. The van der Waals surface area contributed by atoms with Crippen molar-refractivity contribution >= 4 is 11.8 Å². The molecule has 2 amide bonds. The molecule has 0 aromatic rings. The molecule has 1 saturated heterocycles. The van der Waals surface area contributed by atoms with Gasteiger partial charge in [-0.25, -0.2) is 0 Å².